The lowest BCUT2D eigenvalue weighted by Gasteiger charge is -2.11. The topological polar surface area (TPSA) is 41.5 Å². The van der Waals surface area contributed by atoms with Gasteiger partial charge in [-0.3, -0.25) is 0 Å². The maximum atomic E-state index is 8.69. The van der Waals surface area contributed by atoms with Crippen molar-refractivity contribution in [2.75, 3.05) is 19.8 Å². The van der Waals surface area contributed by atoms with Gasteiger partial charge in [0.05, 0.1) is 11.6 Å². The Labute approximate surface area is 120 Å². The largest absolute Gasteiger partial charge is 0.492 e. The number of unbranched alkanes of at least 4 members (excludes halogenated alkanes) is 1. The lowest BCUT2D eigenvalue weighted by atomic mass is 10.2. The first kappa shape index (κ1) is 16.3. The third-order valence-electron chi connectivity index (χ3n) is 2.69. The van der Waals surface area contributed by atoms with Crippen molar-refractivity contribution in [2.24, 2.45) is 5.92 Å². The second-order valence-corrected chi connectivity index (χ2v) is 5.48. The molecule has 0 fully saturated rings. The molecule has 0 aromatic heterocycles. The Morgan fingerprint density at radius 3 is 2.74 bits per heavy atom. The highest BCUT2D eigenvalue weighted by molar-refractivity contribution is 6.32. The van der Waals surface area contributed by atoms with Gasteiger partial charge in [0.15, 0.2) is 0 Å². The zero-order valence-corrected chi connectivity index (χ0v) is 12.5. The molecule has 1 aromatic rings. The molecule has 3 nitrogen and oxygen atoms in total. The number of nitrogens with one attached hydrogen (secondary N) is 1. The van der Waals surface area contributed by atoms with Crippen LogP contribution in [0.5, 0.6) is 5.75 Å². The van der Waals surface area contributed by atoms with Crippen molar-refractivity contribution in [3.8, 4) is 5.75 Å². The van der Waals surface area contributed by atoms with E-state index in [4.69, 9.17) is 21.4 Å². The van der Waals surface area contributed by atoms with Crippen molar-refractivity contribution >= 4 is 11.6 Å². The lowest BCUT2D eigenvalue weighted by Crippen LogP contribution is -2.18. The minimum atomic E-state index is 0.206. The van der Waals surface area contributed by atoms with E-state index in [1.807, 2.05) is 18.2 Å². The van der Waals surface area contributed by atoms with Gasteiger partial charge in [-0.2, -0.15) is 0 Å². The van der Waals surface area contributed by atoms with E-state index in [0.29, 0.717) is 23.3 Å². The van der Waals surface area contributed by atoms with Gasteiger partial charge in [0.2, 0.25) is 0 Å². The van der Waals surface area contributed by atoms with Crippen molar-refractivity contribution in [1.82, 2.24) is 5.32 Å². The zero-order chi connectivity index (χ0) is 14.1. The molecule has 1 aromatic carbocycles. The first-order chi connectivity index (χ1) is 9.13. The normalized spacial score (nSPS) is 11.0. The van der Waals surface area contributed by atoms with Crippen LogP contribution in [-0.4, -0.2) is 24.9 Å². The van der Waals surface area contributed by atoms with Gasteiger partial charge in [-0.15, -0.1) is 0 Å². The highest BCUT2D eigenvalue weighted by atomic mass is 35.5. The van der Waals surface area contributed by atoms with Gasteiger partial charge in [0.25, 0.3) is 0 Å². The van der Waals surface area contributed by atoms with E-state index in [2.05, 4.69) is 19.2 Å². The predicted molar refractivity (Wildman–Crippen MR) is 79.8 cm³/mol. The highest BCUT2D eigenvalue weighted by Crippen LogP contribution is 2.25. The van der Waals surface area contributed by atoms with Gasteiger partial charge < -0.3 is 15.2 Å². The van der Waals surface area contributed by atoms with E-state index in [1.165, 1.54) is 0 Å². The number of hydrogen-bond acceptors (Lipinski definition) is 3. The quantitative estimate of drug-likeness (QED) is 0.685. The van der Waals surface area contributed by atoms with Crippen LogP contribution in [0.4, 0.5) is 0 Å². The summed E-state index contributed by atoms with van der Waals surface area (Å²) in [7, 11) is 0. The summed E-state index contributed by atoms with van der Waals surface area (Å²) in [6.07, 6.45) is 1.60. The number of halogens is 1. The fourth-order valence-corrected chi connectivity index (χ4v) is 1.93. The zero-order valence-electron chi connectivity index (χ0n) is 11.8. The van der Waals surface area contributed by atoms with E-state index in [-0.39, 0.29) is 6.61 Å². The van der Waals surface area contributed by atoms with Gasteiger partial charge in [0, 0.05) is 13.2 Å². The van der Waals surface area contributed by atoms with Gasteiger partial charge in [-0.25, -0.2) is 0 Å². The SMILES string of the molecule is CC(C)CNCc1ccc(OCCCCO)c(Cl)c1. The molecule has 0 heterocycles. The molecule has 19 heavy (non-hydrogen) atoms. The van der Waals surface area contributed by atoms with Crippen LogP contribution in [0.25, 0.3) is 0 Å². The Hall–Kier alpha value is -0.770. The standard InChI is InChI=1S/C15H24ClNO2/c1-12(2)10-17-11-13-5-6-15(14(16)9-13)19-8-4-3-7-18/h5-6,9,12,17-18H,3-4,7-8,10-11H2,1-2H3. The van der Waals surface area contributed by atoms with Crippen LogP contribution in [0.1, 0.15) is 32.3 Å². The van der Waals surface area contributed by atoms with Crippen LogP contribution in [0.15, 0.2) is 18.2 Å². The summed E-state index contributed by atoms with van der Waals surface area (Å²) < 4.78 is 5.57. The summed E-state index contributed by atoms with van der Waals surface area (Å²) in [5.74, 6) is 1.36. The third kappa shape index (κ3) is 6.81. The molecule has 0 radical (unpaired) electrons. The Morgan fingerprint density at radius 2 is 2.11 bits per heavy atom. The summed E-state index contributed by atoms with van der Waals surface area (Å²) in [6, 6.07) is 5.88. The molecule has 2 N–H and O–H groups in total. The fraction of sp³-hybridized carbons (Fsp3) is 0.600. The first-order valence-corrected chi connectivity index (χ1v) is 7.24. The average molecular weight is 286 g/mol. The van der Waals surface area contributed by atoms with Gasteiger partial charge in [-0.05, 0) is 43.0 Å². The molecule has 0 unspecified atom stereocenters. The Kier molecular flexibility index (Phi) is 7.87. The smallest absolute Gasteiger partial charge is 0.137 e. The molecule has 0 saturated heterocycles. The number of hydrogen-bond donors (Lipinski definition) is 2. The minimum absolute atomic E-state index is 0.206. The Morgan fingerprint density at radius 1 is 1.32 bits per heavy atom. The van der Waals surface area contributed by atoms with Crippen LogP contribution >= 0.6 is 11.6 Å². The number of aliphatic hydroxyl groups excluding tert-OH is 1. The van der Waals surface area contributed by atoms with Crippen molar-refractivity contribution in [1.29, 1.82) is 0 Å². The summed E-state index contributed by atoms with van der Waals surface area (Å²) >= 11 is 6.18. The number of benzene rings is 1. The molecule has 0 spiro atoms. The third-order valence-corrected chi connectivity index (χ3v) is 2.98. The van der Waals surface area contributed by atoms with E-state index in [9.17, 15) is 0 Å². The number of aliphatic hydroxyl groups is 1. The molecule has 108 valence electrons. The van der Waals surface area contributed by atoms with E-state index >= 15 is 0 Å². The minimum Gasteiger partial charge on any atom is -0.492 e. The lowest BCUT2D eigenvalue weighted by molar-refractivity contribution is 0.253. The van der Waals surface area contributed by atoms with Crippen molar-refractivity contribution in [2.45, 2.75) is 33.2 Å². The summed E-state index contributed by atoms with van der Waals surface area (Å²) in [4.78, 5) is 0. The second-order valence-electron chi connectivity index (χ2n) is 5.07. The molecule has 0 aliphatic carbocycles. The van der Waals surface area contributed by atoms with Crippen LogP contribution < -0.4 is 10.1 Å². The molecule has 0 atom stereocenters. The maximum Gasteiger partial charge on any atom is 0.137 e. The Bertz CT molecular complexity index is 369. The van der Waals surface area contributed by atoms with Crippen molar-refractivity contribution < 1.29 is 9.84 Å². The molecule has 1 rings (SSSR count). The number of rotatable bonds is 9. The monoisotopic (exact) mass is 285 g/mol. The molecule has 0 saturated carbocycles. The molecule has 0 amide bonds. The molecular formula is C15H24ClNO2. The second kappa shape index (κ2) is 9.18. The first-order valence-electron chi connectivity index (χ1n) is 6.86. The van der Waals surface area contributed by atoms with Crippen LogP contribution in [0.3, 0.4) is 0 Å². The number of ether oxygens (including phenoxy) is 1. The average Bonchev–Trinajstić information content (AvgIpc) is 2.36. The Balaban J connectivity index is 2.40. The molecule has 0 bridgehead atoms. The highest BCUT2D eigenvalue weighted by Gasteiger charge is 2.03. The van der Waals surface area contributed by atoms with E-state index in [0.717, 1.165) is 31.5 Å². The summed E-state index contributed by atoms with van der Waals surface area (Å²) in [6.45, 7) is 6.98. The van der Waals surface area contributed by atoms with Crippen LogP contribution in [0, 0.1) is 5.92 Å². The summed E-state index contributed by atoms with van der Waals surface area (Å²) in [5, 5.41) is 12.7. The maximum absolute atomic E-state index is 8.69. The van der Waals surface area contributed by atoms with Crippen molar-refractivity contribution in [3.63, 3.8) is 0 Å². The summed E-state index contributed by atoms with van der Waals surface area (Å²) in [5.41, 5.74) is 1.16. The van der Waals surface area contributed by atoms with Crippen LogP contribution in [-0.2, 0) is 6.54 Å². The fourth-order valence-electron chi connectivity index (χ4n) is 1.67. The van der Waals surface area contributed by atoms with Gasteiger partial charge >= 0.3 is 0 Å². The predicted octanol–water partition coefficient (Wildman–Crippen LogP) is 3.24. The molecular weight excluding hydrogens is 262 g/mol. The van der Waals surface area contributed by atoms with Gasteiger partial charge in [0.1, 0.15) is 5.75 Å². The van der Waals surface area contributed by atoms with Gasteiger partial charge in [-0.1, -0.05) is 31.5 Å². The van der Waals surface area contributed by atoms with Crippen LogP contribution in [0.2, 0.25) is 5.02 Å². The molecule has 0 aliphatic heterocycles. The van der Waals surface area contributed by atoms with E-state index < -0.39 is 0 Å². The molecule has 4 heteroatoms. The van der Waals surface area contributed by atoms with E-state index in [1.54, 1.807) is 0 Å². The van der Waals surface area contributed by atoms with Crippen molar-refractivity contribution in [3.05, 3.63) is 28.8 Å². The molecule has 0 aliphatic rings.